The Hall–Kier alpha value is -1.72. The van der Waals surface area contributed by atoms with Crippen LogP contribution in [0.25, 0.3) is 0 Å². The lowest BCUT2D eigenvalue weighted by atomic mass is 10.4. The van der Waals surface area contributed by atoms with E-state index in [-0.39, 0.29) is 12.3 Å². The van der Waals surface area contributed by atoms with Crippen molar-refractivity contribution in [3.63, 3.8) is 0 Å². The van der Waals surface area contributed by atoms with Crippen LogP contribution in [0.2, 0.25) is 0 Å². The molecule has 0 unspecified atom stereocenters. The first kappa shape index (κ1) is 9.37. The number of H-pyrrole nitrogens is 1. The van der Waals surface area contributed by atoms with Gasteiger partial charge in [0, 0.05) is 0 Å². The third-order valence-electron chi connectivity index (χ3n) is 1.26. The molecule has 0 fully saturated rings. The molecule has 6 heteroatoms. The van der Waals surface area contributed by atoms with Crippen LogP contribution in [0.4, 0.5) is 4.39 Å². The fourth-order valence-corrected chi connectivity index (χ4v) is 0.750. The Bertz CT molecular complexity index is 374. The molecule has 0 aliphatic carbocycles. The maximum absolute atomic E-state index is 12.5. The van der Waals surface area contributed by atoms with E-state index in [0.717, 1.165) is 6.20 Å². The summed E-state index contributed by atoms with van der Waals surface area (Å²) in [5.74, 6) is -1.28. The number of aromatic nitrogens is 2. The summed E-state index contributed by atoms with van der Waals surface area (Å²) in [6.45, 7) is 1.89. The highest BCUT2D eigenvalue weighted by Crippen LogP contribution is 1.91. The fraction of sp³-hybridized carbons (Fsp3) is 0.286. The minimum Gasteiger partial charge on any atom is -0.477 e. The monoisotopic (exact) mass is 185 g/mol. The lowest BCUT2D eigenvalue weighted by molar-refractivity contribution is 0.323. The van der Waals surface area contributed by atoms with E-state index < -0.39 is 17.4 Å². The van der Waals surface area contributed by atoms with Gasteiger partial charge in [-0.3, -0.25) is 10.2 Å². The van der Waals surface area contributed by atoms with Crippen molar-refractivity contribution in [2.24, 2.45) is 0 Å². The van der Waals surface area contributed by atoms with Crippen LogP contribution >= 0.6 is 0 Å². The molecule has 0 aliphatic rings. The van der Waals surface area contributed by atoms with Gasteiger partial charge in [0.15, 0.2) is 5.69 Å². The summed E-state index contributed by atoms with van der Waals surface area (Å²) in [6, 6.07) is 0. The van der Waals surface area contributed by atoms with Crippen LogP contribution in [0.1, 0.15) is 12.6 Å². The molecule has 70 valence electrons. The van der Waals surface area contributed by atoms with E-state index in [0.29, 0.717) is 0 Å². The average molecular weight is 185 g/mol. The molecule has 1 aromatic heterocycles. The van der Waals surface area contributed by atoms with E-state index in [2.05, 4.69) is 9.97 Å². The standard InChI is InChI=1S/C7H8FN3O2/c1-2-13-6(9)5-7(12)10-3-4(8)11-5/h3,9H,2H2,1H3,(H,10,12). The zero-order chi connectivity index (χ0) is 9.84. The number of hydrogen-bond donors (Lipinski definition) is 2. The Labute approximate surface area is 73.1 Å². The molecule has 0 radical (unpaired) electrons. The molecule has 0 bridgehead atoms. The van der Waals surface area contributed by atoms with E-state index in [1.165, 1.54) is 0 Å². The van der Waals surface area contributed by atoms with Crippen LogP contribution in [-0.4, -0.2) is 22.5 Å². The first-order valence-electron chi connectivity index (χ1n) is 3.62. The van der Waals surface area contributed by atoms with Crippen LogP contribution in [0.3, 0.4) is 0 Å². The Morgan fingerprint density at radius 3 is 3.15 bits per heavy atom. The smallest absolute Gasteiger partial charge is 0.279 e. The van der Waals surface area contributed by atoms with Crippen molar-refractivity contribution in [3.05, 3.63) is 28.2 Å². The molecule has 1 aromatic rings. The number of hydrogen-bond acceptors (Lipinski definition) is 4. The van der Waals surface area contributed by atoms with Gasteiger partial charge < -0.3 is 9.72 Å². The number of nitrogens with one attached hydrogen (secondary N) is 2. The number of nitrogens with zero attached hydrogens (tertiary/aromatic N) is 1. The Morgan fingerprint density at radius 2 is 2.54 bits per heavy atom. The minimum absolute atomic E-state index is 0.233. The molecule has 0 spiro atoms. The van der Waals surface area contributed by atoms with E-state index in [4.69, 9.17) is 10.1 Å². The molecule has 1 rings (SSSR count). The highest BCUT2D eigenvalue weighted by atomic mass is 19.1. The number of aromatic amines is 1. The molecule has 0 aromatic carbocycles. The average Bonchev–Trinajstić information content (AvgIpc) is 2.09. The van der Waals surface area contributed by atoms with E-state index >= 15 is 0 Å². The Balaban J connectivity index is 3.06. The van der Waals surface area contributed by atoms with E-state index in [1.807, 2.05) is 0 Å². The molecule has 0 saturated carbocycles. The van der Waals surface area contributed by atoms with Crippen LogP contribution < -0.4 is 5.56 Å². The number of ether oxygens (including phenoxy) is 1. The molecule has 0 atom stereocenters. The molecule has 5 nitrogen and oxygen atoms in total. The molecule has 2 N–H and O–H groups in total. The van der Waals surface area contributed by atoms with Crippen molar-refractivity contribution < 1.29 is 9.13 Å². The van der Waals surface area contributed by atoms with Gasteiger partial charge in [0.25, 0.3) is 5.56 Å². The molecule has 0 saturated heterocycles. The van der Waals surface area contributed by atoms with Gasteiger partial charge in [-0.15, -0.1) is 0 Å². The van der Waals surface area contributed by atoms with Crippen LogP contribution in [-0.2, 0) is 4.74 Å². The summed E-state index contributed by atoms with van der Waals surface area (Å²) in [5.41, 5.74) is -0.985. The van der Waals surface area contributed by atoms with E-state index in [9.17, 15) is 9.18 Å². The normalized spacial score (nSPS) is 9.69. The molecule has 13 heavy (non-hydrogen) atoms. The zero-order valence-electron chi connectivity index (χ0n) is 6.93. The predicted molar refractivity (Wildman–Crippen MR) is 43.3 cm³/mol. The SMILES string of the molecule is CCOC(=N)c1nc(F)c[nH]c1=O. The van der Waals surface area contributed by atoms with Gasteiger partial charge in [-0.05, 0) is 6.92 Å². The first-order valence-corrected chi connectivity index (χ1v) is 3.62. The van der Waals surface area contributed by atoms with Crippen molar-refractivity contribution in [2.45, 2.75) is 6.92 Å². The van der Waals surface area contributed by atoms with Crippen LogP contribution in [0.15, 0.2) is 11.0 Å². The summed E-state index contributed by atoms with van der Waals surface area (Å²) in [4.78, 5) is 16.3. The fourth-order valence-electron chi connectivity index (χ4n) is 0.750. The summed E-state index contributed by atoms with van der Waals surface area (Å²) >= 11 is 0. The predicted octanol–water partition coefficient (Wildman–Crippen LogP) is 0.271. The summed E-state index contributed by atoms with van der Waals surface area (Å²) in [6.07, 6.45) is 0.824. The van der Waals surface area contributed by atoms with Gasteiger partial charge in [-0.2, -0.15) is 4.39 Å². The maximum Gasteiger partial charge on any atom is 0.279 e. The molecule has 0 aliphatic heterocycles. The minimum atomic E-state index is -0.848. The lowest BCUT2D eigenvalue weighted by Crippen LogP contribution is -2.22. The molecular weight excluding hydrogens is 177 g/mol. The zero-order valence-corrected chi connectivity index (χ0v) is 6.93. The number of halogens is 1. The Morgan fingerprint density at radius 1 is 1.85 bits per heavy atom. The van der Waals surface area contributed by atoms with Gasteiger partial charge in [0.2, 0.25) is 11.8 Å². The summed E-state index contributed by atoms with van der Waals surface area (Å²) in [7, 11) is 0. The van der Waals surface area contributed by atoms with Crippen LogP contribution in [0, 0.1) is 11.4 Å². The van der Waals surface area contributed by atoms with Gasteiger partial charge in [-0.1, -0.05) is 0 Å². The lowest BCUT2D eigenvalue weighted by Gasteiger charge is -2.01. The van der Waals surface area contributed by atoms with Gasteiger partial charge >= 0.3 is 0 Å². The Kier molecular flexibility index (Phi) is 2.73. The first-order chi connectivity index (χ1) is 6.15. The molecule has 1 heterocycles. The second kappa shape index (κ2) is 3.79. The highest BCUT2D eigenvalue weighted by molar-refractivity contribution is 5.88. The highest BCUT2D eigenvalue weighted by Gasteiger charge is 2.10. The van der Waals surface area contributed by atoms with Gasteiger partial charge in [0.05, 0.1) is 12.8 Å². The molecule has 0 amide bonds. The summed E-state index contributed by atoms with van der Waals surface area (Å²) in [5, 5.41) is 7.20. The quantitative estimate of drug-likeness (QED) is 0.512. The van der Waals surface area contributed by atoms with Crippen molar-refractivity contribution in [2.75, 3.05) is 6.61 Å². The maximum atomic E-state index is 12.5. The second-order valence-electron chi connectivity index (χ2n) is 2.16. The topological polar surface area (TPSA) is 78.8 Å². The van der Waals surface area contributed by atoms with E-state index in [1.54, 1.807) is 6.92 Å². The second-order valence-corrected chi connectivity index (χ2v) is 2.16. The number of rotatable bonds is 2. The molecular formula is C7H8FN3O2. The van der Waals surface area contributed by atoms with Gasteiger partial charge in [0.1, 0.15) is 0 Å². The largest absolute Gasteiger partial charge is 0.477 e. The van der Waals surface area contributed by atoms with Crippen molar-refractivity contribution in [1.82, 2.24) is 9.97 Å². The van der Waals surface area contributed by atoms with Crippen molar-refractivity contribution >= 4 is 5.90 Å². The van der Waals surface area contributed by atoms with Crippen molar-refractivity contribution in [3.8, 4) is 0 Å². The third kappa shape index (κ3) is 2.11. The van der Waals surface area contributed by atoms with Crippen molar-refractivity contribution in [1.29, 1.82) is 5.41 Å². The summed E-state index contributed by atoms with van der Waals surface area (Å²) < 4.78 is 17.2. The van der Waals surface area contributed by atoms with Gasteiger partial charge in [-0.25, -0.2) is 4.98 Å². The van der Waals surface area contributed by atoms with Crippen LogP contribution in [0.5, 0.6) is 0 Å². The third-order valence-corrected chi connectivity index (χ3v) is 1.26.